The van der Waals surface area contributed by atoms with Crippen LogP contribution >= 0.6 is 0 Å². The first-order chi connectivity index (χ1) is 24.0. The van der Waals surface area contributed by atoms with E-state index in [4.69, 9.17) is 9.84 Å². The molecular formula is C43H77NO5. The summed E-state index contributed by atoms with van der Waals surface area (Å²) in [6.07, 6.45) is 47.1. The number of unbranched alkanes of at least 4 members (excludes halogenated alkanes) is 22. The van der Waals surface area contributed by atoms with Crippen LogP contribution in [0, 0.1) is 0 Å². The minimum absolute atomic E-state index is 0.0998. The van der Waals surface area contributed by atoms with E-state index in [1.54, 1.807) is 0 Å². The van der Waals surface area contributed by atoms with Crippen molar-refractivity contribution in [1.82, 2.24) is 5.32 Å². The molecule has 0 spiro atoms. The first-order valence-electron chi connectivity index (χ1n) is 20.6. The Morgan fingerprint density at radius 3 is 1.55 bits per heavy atom. The van der Waals surface area contributed by atoms with Crippen molar-refractivity contribution in [3.05, 3.63) is 36.5 Å². The monoisotopic (exact) mass is 688 g/mol. The predicted octanol–water partition coefficient (Wildman–Crippen LogP) is 12.5. The molecule has 0 saturated carbocycles. The lowest BCUT2D eigenvalue weighted by molar-refractivity contribution is -0.147. The van der Waals surface area contributed by atoms with E-state index in [-0.39, 0.29) is 24.5 Å². The van der Waals surface area contributed by atoms with Crippen molar-refractivity contribution < 1.29 is 24.2 Å². The quantitative estimate of drug-likeness (QED) is 0.0385. The van der Waals surface area contributed by atoms with Crippen LogP contribution in [0.5, 0.6) is 0 Å². The summed E-state index contributed by atoms with van der Waals surface area (Å²) >= 11 is 0. The van der Waals surface area contributed by atoms with Gasteiger partial charge in [0.2, 0.25) is 5.91 Å². The van der Waals surface area contributed by atoms with Gasteiger partial charge in [0.1, 0.15) is 12.6 Å². The molecule has 0 saturated heterocycles. The highest BCUT2D eigenvalue weighted by Crippen LogP contribution is 2.15. The zero-order valence-corrected chi connectivity index (χ0v) is 32.0. The van der Waals surface area contributed by atoms with E-state index in [1.807, 2.05) is 6.08 Å². The smallest absolute Gasteiger partial charge is 0.322 e. The number of ether oxygens (including phenoxy) is 1. The van der Waals surface area contributed by atoms with Gasteiger partial charge in [0.25, 0.3) is 0 Å². The van der Waals surface area contributed by atoms with E-state index in [0.717, 1.165) is 57.8 Å². The third-order valence-corrected chi connectivity index (χ3v) is 9.02. The van der Waals surface area contributed by atoms with Gasteiger partial charge in [-0.15, -0.1) is 0 Å². The number of allylic oxidation sites excluding steroid dienone is 5. The lowest BCUT2D eigenvalue weighted by atomic mass is 10.1. The van der Waals surface area contributed by atoms with Gasteiger partial charge in [-0.1, -0.05) is 153 Å². The maximum Gasteiger partial charge on any atom is 0.322 e. The van der Waals surface area contributed by atoms with E-state index in [1.165, 1.54) is 122 Å². The maximum atomic E-state index is 12.7. The number of rotatable bonds is 37. The molecule has 1 atom stereocenters. The highest BCUT2D eigenvalue weighted by atomic mass is 16.5. The van der Waals surface area contributed by atoms with Crippen LogP contribution in [0.15, 0.2) is 36.5 Å². The zero-order valence-electron chi connectivity index (χ0n) is 32.0. The number of hydrogen-bond acceptors (Lipinski definition) is 4. The van der Waals surface area contributed by atoms with Gasteiger partial charge in [0.15, 0.2) is 0 Å². The van der Waals surface area contributed by atoms with Gasteiger partial charge in [0.05, 0.1) is 0 Å². The van der Waals surface area contributed by atoms with Gasteiger partial charge < -0.3 is 15.2 Å². The summed E-state index contributed by atoms with van der Waals surface area (Å²) in [6.45, 7) is 4.17. The second-order valence-corrected chi connectivity index (χ2v) is 13.9. The third-order valence-electron chi connectivity index (χ3n) is 9.02. The molecule has 0 fully saturated rings. The summed E-state index contributed by atoms with van der Waals surface area (Å²) < 4.78 is 5.88. The lowest BCUT2D eigenvalue weighted by Gasteiger charge is -2.14. The van der Waals surface area contributed by atoms with Gasteiger partial charge in [-0.2, -0.15) is 0 Å². The maximum absolute atomic E-state index is 12.7. The average molecular weight is 688 g/mol. The molecule has 0 aliphatic rings. The Labute approximate surface area is 302 Å². The van der Waals surface area contributed by atoms with Crippen LogP contribution < -0.4 is 5.32 Å². The molecule has 6 heteroatoms. The van der Waals surface area contributed by atoms with Crippen molar-refractivity contribution in [2.45, 2.75) is 213 Å². The van der Waals surface area contributed by atoms with E-state index in [2.05, 4.69) is 49.5 Å². The summed E-state index contributed by atoms with van der Waals surface area (Å²) in [4.78, 5) is 34.9. The number of carboxylic acids is 1. The highest BCUT2D eigenvalue weighted by Gasteiger charge is 2.12. The molecule has 1 amide bonds. The first-order valence-corrected chi connectivity index (χ1v) is 20.6. The van der Waals surface area contributed by atoms with Crippen LogP contribution in [0.4, 0.5) is 0 Å². The molecule has 0 radical (unpaired) electrons. The second-order valence-electron chi connectivity index (χ2n) is 13.9. The second kappa shape index (κ2) is 38.4. The fraction of sp³-hybridized carbons (Fsp3) is 0.791. The number of carbonyl (C=O) groups is 3. The first kappa shape index (κ1) is 46.6. The fourth-order valence-corrected chi connectivity index (χ4v) is 5.93. The lowest BCUT2D eigenvalue weighted by Crippen LogP contribution is -2.28. The fourth-order valence-electron chi connectivity index (χ4n) is 5.93. The number of amides is 1. The van der Waals surface area contributed by atoms with Gasteiger partial charge in [-0.25, -0.2) is 0 Å². The van der Waals surface area contributed by atoms with Crippen molar-refractivity contribution in [3.8, 4) is 0 Å². The van der Waals surface area contributed by atoms with Crippen molar-refractivity contribution in [3.63, 3.8) is 0 Å². The van der Waals surface area contributed by atoms with E-state index in [9.17, 15) is 14.4 Å². The molecular weight excluding hydrogens is 610 g/mol. The van der Waals surface area contributed by atoms with Crippen molar-refractivity contribution in [2.24, 2.45) is 0 Å². The van der Waals surface area contributed by atoms with Crippen LogP contribution in [0.2, 0.25) is 0 Å². The standard InChI is InChI=1S/C43H77NO5/c1-3-5-7-9-11-13-14-15-16-17-18-19-20-21-22-24-26-28-34-38-43(48)49-40(35-31-27-25-23-12-10-8-6-4-2)36-32-29-30-33-37-41(45)44-39-42(46)47/h15-16,23,25,31,35,40H,3-14,17-22,24,26-30,32-34,36-39H2,1-2H3,(H,44,45)(H,46,47)/b16-15-,25-23-,35-31-. The number of esters is 1. The minimum Gasteiger partial charge on any atom is -0.480 e. The van der Waals surface area contributed by atoms with Gasteiger partial charge in [-0.3, -0.25) is 14.4 Å². The third kappa shape index (κ3) is 38.3. The number of carbonyl (C=O) groups excluding carboxylic acids is 2. The summed E-state index contributed by atoms with van der Waals surface area (Å²) in [7, 11) is 0. The molecule has 0 aromatic rings. The Balaban J connectivity index is 4.10. The molecule has 0 aromatic heterocycles. The number of aliphatic carboxylic acids is 1. The predicted molar refractivity (Wildman–Crippen MR) is 208 cm³/mol. The van der Waals surface area contributed by atoms with Crippen LogP contribution in [0.1, 0.15) is 206 Å². The zero-order chi connectivity index (χ0) is 35.9. The molecule has 2 N–H and O–H groups in total. The Morgan fingerprint density at radius 1 is 0.551 bits per heavy atom. The van der Waals surface area contributed by atoms with E-state index < -0.39 is 5.97 Å². The van der Waals surface area contributed by atoms with E-state index >= 15 is 0 Å². The molecule has 6 nitrogen and oxygen atoms in total. The number of nitrogens with one attached hydrogen (secondary N) is 1. The Hall–Kier alpha value is -2.37. The normalized spacial score (nSPS) is 12.4. The van der Waals surface area contributed by atoms with E-state index in [0.29, 0.717) is 12.8 Å². The Bertz CT molecular complexity index is 849. The van der Waals surface area contributed by atoms with Gasteiger partial charge in [-0.05, 0) is 76.7 Å². The summed E-state index contributed by atoms with van der Waals surface area (Å²) in [6, 6.07) is 0. The van der Waals surface area contributed by atoms with Gasteiger partial charge >= 0.3 is 11.9 Å². The molecule has 0 rings (SSSR count). The van der Waals surface area contributed by atoms with Crippen LogP contribution in [-0.2, 0) is 19.1 Å². The number of carboxylic acid groups (broad SMARTS) is 1. The average Bonchev–Trinajstić information content (AvgIpc) is 3.08. The molecule has 1 unspecified atom stereocenters. The van der Waals surface area contributed by atoms with Crippen LogP contribution in [-0.4, -0.2) is 35.6 Å². The molecule has 0 heterocycles. The highest BCUT2D eigenvalue weighted by molar-refractivity contribution is 5.80. The molecule has 0 aliphatic heterocycles. The topological polar surface area (TPSA) is 92.7 Å². The van der Waals surface area contributed by atoms with Crippen molar-refractivity contribution in [1.29, 1.82) is 0 Å². The summed E-state index contributed by atoms with van der Waals surface area (Å²) in [5.74, 6) is -1.35. The van der Waals surface area contributed by atoms with Crippen LogP contribution in [0.25, 0.3) is 0 Å². The minimum atomic E-state index is -1.03. The molecule has 0 aromatic carbocycles. The molecule has 0 bridgehead atoms. The van der Waals surface area contributed by atoms with Gasteiger partial charge in [0, 0.05) is 12.8 Å². The molecule has 0 aliphatic carbocycles. The summed E-state index contributed by atoms with van der Waals surface area (Å²) in [5.41, 5.74) is 0. The SMILES string of the molecule is CCCCCC/C=C\C/C=C\C(CCCCCCC(=O)NCC(=O)O)OC(=O)CCCCCCCCCCC/C=C\CCCCCCCC. The molecule has 49 heavy (non-hydrogen) atoms. The molecule has 284 valence electrons. The number of hydrogen-bond donors (Lipinski definition) is 2. The largest absolute Gasteiger partial charge is 0.480 e. The Kier molecular flexibility index (Phi) is 36.6. The van der Waals surface area contributed by atoms with Crippen LogP contribution in [0.3, 0.4) is 0 Å². The summed E-state index contributed by atoms with van der Waals surface area (Å²) in [5, 5.41) is 11.1. The Morgan fingerprint density at radius 2 is 1.00 bits per heavy atom. The van der Waals surface area contributed by atoms with Crippen molar-refractivity contribution in [2.75, 3.05) is 6.54 Å². The van der Waals surface area contributed by atoms with Crippen molar-refractivity contribution >= 4 is 17.8 Å².